The molecule has 2 heterocycles. The Balaban J connectivity index is 2.13. The largest absolute Gasteiger partial charge is 0.508 e. The third-order valence-electron chi connectivity index (χ3n) is 2.86. The molecular formula is C14H11NO4. The van der Waals surface area contributed by atoms with E-state index >= 15 is 0 Å². The molecule has 1 N–H and O–H groups in total. The van der Waals surface area contributed by atoms with Gasteiger partial charge < -0.3 is 14.6 Å². The summed E-state index contributed by atoms with van der Waals surface area (Å²) in [5.74, 6) is -0.176. The van der Waals surface area contributed by atoms with E-state index in [-0.39, 0.29) is 18.3 Å². The minimum Gasteiger partial charge on any atom is -0.508 e. The zero-order valence-electron chi connectivity index (χ0n) is 9.95. The van der Waals surface area contributed by atoms with E-state index in [4.69, 9.17) is 9.47 Å². The molecule has 0 spiro atoms. The molecule has 0 radical (unpaired) electrons. The number of aliphatic imine (C=N–C) groups is 1. The van der Waals surface area contributed by atoms with E-state index < -0.39 is 12.0 Å². The summed E-state index contributed by atoms with van der Waals surface area (Å²) in [6, 6.07) is 7.32. The monoisotopic (exact) mass is 257 g/mol. The summed E-state index contributed by atoms with van der Waals surface area (Å²) < 4.78 is 10.3. The van der Waals surface area contributed by atoms with E-state index in [1.54, 1.807) is 6.08 Å². The number of hydrogen-bond acceptors (Lipinski definition) is 4. The van der Waals surface area contributed by atoms with Crippen LogP contribution in [0.15, 0.2) is 46.9 Å². The number of carbonyl (C=O) groups excluding carboxylic acids is 1. The van der Waals surface area contributed by atoms with E-state index in [1.807, 2.05) is 24.3 Å². The highest BCUT2D eigenvalue weighted by atomic mass is 16.7. The predicted octanol–water partition coefficient (Wildman–Crippen LogP) is 1.80. The van der Waals surface area contributed by atoms with Crippen LogP contribution in [0.25, 0.3) is 6.08 Å². The van der Waals surface area contributed by atoms with Gasteiger partial charge in [-0.2, -0.15) is 0 Å². The van der Waals surface area contributed by atoms with Crippen molar-refractivity contribution in [3.8, 4) is 0 Å². The van der Waals surface area contributed by atoms with Crippen molar-refractivity contribution in [3.05, 3.63) is 53.0 Å². The molecule has 19 heavy (non-hydrogen) atoms. The number of aliphatic hydroxyl groups excluding tert-OH is 1. The number of carbonyl (C=O) groups is 1. The number of benzene rings is 1. The van der Waals surface area contributed by atoms with E-state index in [0.29, 0.717) is 0 Å². The highest BCUT2D eigenvalue weighted by Crippen LogP contribution is 2.22. The molecule has 2 aliphatic rings. The summed E-state index contributed by atoms with van der Waals surface area (Å²) in [5, 5.41) is 9.90. The fourth-order valence-corrected chi connectivity index (χ4v) is 1.95. The first-order chi connectivity index (χ1) is 9.24. The average Bonchev–Trinajstić information content (AvgIpc) is 2.85. The number of amides is 1. The summed E-state index contributed by atoms with van der Waals surface area (Å²) in [6.07, 6.45) is 3.55. The van der Waals surface area contributed by atoms with E-state index in [1.165, 1.54) is 12.3 Å². The highest BCUT2D eigenvalue weighted by molar-refractivity contribution is 5.97. The Morgan fingerprint density at radius 2 is 2.00 bits per heavy atom. The van der Waals surface area contributed by atoms with Crippen molar-refractivity contribution >= 4 is 18.2 Å². The number of rotatable bonds is 0. The first kappa shape index (κ1) is 11.7. The summed E-state index contributed by atoms with van der Waals surface area (Å²) >= 11 is 0. The van der Waals surface area contributed by atoms with Crippen LogP contribution in [-0.2, 0) is 14.3 Å². The minimum absolute atomic E-state index is 0.000972. The fraction of sp³-hybridized carbons (Fsp3) is 0.143. The van der Waals surface area contributed by atoms with Crippen molar-refractivity contribution in [1.29, 1.82) is 0 Å². The van der Waals surface area contributed by atoms with Gasteiger partial charge in [0.05, 0.1) is 0 Å². The third-order valence-corrected chi connectivity index (χ3v) is 2.86. The van der Waals surface area contributed by atoms with Crippen LogP contribution in [-0.4, -0.2) is 30.1 Å². The molecule has 1 saturated heterocycles. The van der Waals surface area contributed by atoms with Gasteiger partial charge in [0.1, 0.15) is 11.5 Å². The molecule has 1 aromatic carbocycles. The second-order valence-electron chi connectivity index (χ2n) is 4.15. The van der Waals surface area contributed by atoms with Gasteiger partial charge >= 0.3 is 0 Å². The Morgan fingerprint density at radius 1 is 1.21 bits per heavy atom. The Labute approximate surface area is 109 Å². The van der Waals surface area contributed by atoms with Crippen molar-refractivity contribution in [2.45, 2.75) is 6.10 Å². The van der Waals surface area contributed by atoms with Crippen molar-refractivity contribution in [1.82, 2.24) is 0 Å². The Morgan fingerprint density at radius 3 is 2.84 bits per heavy atom. The van der Waals surface area contributed by atoms with Crippen LogP contribution in [0.2, 0.25) is 0 Å². The highest BCUT2D eigenvalue weighted by Gasteiger charge is 2.31. The Bertz CT molecular complexity index is 616. The van der Waals surface area contributed by atoms with Gasteiger partial charge in [-0.05, 0) is 11.6 Å². The van der Waals surface area contributed by atoms with Gasteiger partial charge in [-0.25, -0.2) is 4.99 Å². The minimum atomic E-state index is -0.878. The molecule has 1 amide bonds. The molecular weight excluding hydrogens is 246 g/mol. The molecule has 5 nitrogen and oxygen atoms in total. The summed E-state index contributed by atoms with van der Waals surface area (Å²) in [4.78, 5) is 15.8. The predicted molar refractivity (Wildman–Crippen MR) is 68.6 cm³/mol. The van der Waals surface area contributed by atoms with Crippen LogP contribution in [0, 0.1) is 0 Å². The van der Waals surface area contributed by atoms with Crippen molar-refractivity contribution in [2.24, 2.45) is 4.99 Å². The molecule has 0 saturated carbocycles. The maximum atomic E-state index is 11.9. The summed E-state index contributed by atoms with van der Waals surface area (Å²) in [7, 11) is 0. The molecule has 5 heteroatoms. The Kier molecular flexibility index (Phi) is 2.89. The van der Waals surface area contributed by atoms with Crippen molar-refractivity contribution in [3.63, 3.8) is 0 Å². The lowest BCUT2D eigenvalue weighted by Gasteiger charge is -2.07. The molecule has 1 fully saturated rings. The second kappa shape index (κ2) is 4.70. The third kappa shape index (κ3) is 2.28. The SMILES string of the molecule is O=C1N=Cc2ccccc2C=C(O)C=C2OCOC12. The topological polar surface area (TPSA) is 68.1 Å². The molecule has 3 rings (SSSR count). The summed E-state index contributed by atoms with van der Waals surface area (Å²) in [5.41, 5.74) is 1.52. The number of fused-ring (bicyclic) bond motifs is 2. The zero-order valence-corrected chi connectivity index (χ0v) is 9.95. The molecule has 1 unspecified atom stereocenters. The van der Waals surface area contributed by atoms with Gasteiger partial charge in [0.2, 0.25) is 0 Å². The van der Waals surface area contributed by atoms with Gasteiger partial charge in [0.25, 0.3) is 5.91 Å². The van der Waals surface area contributed by atoms with Crippen LogP contribution >= 0.6 is 0 Å². The lowest BCUT2D eigenvalue weighted by molar-refractivity contribution is -0.125. The van der Waals surface area contributed by atoms with Gasteiger partial charge in [0.15, 0.2) is 12.9 Å². The van der Waals surface area contributed by atoms with Crippen molar-refractivity contribution in [2.75, 3.05) is 6.79 Å². The molecule has 0 aliphatic carbocycles. The molecule has 0 aromatic heterocycles. The number of nitrogens with zero attached hydrogens (tertiary/aromatic N) is 1. The number of allylic oxidation sites excluding steroid dienone is 1. The summed E-state index contributed by atoms with van der Waals surface area (Å²) in [6.45, 7) is -0.0159. The quantitative estimate of drug-likeness (QED) is 0.769. The number of hydrogen-bond donors (Lipinski definition) is 1. The second-order valence-corrected chi connectivity index (χ2v) is 4.15. The number of ether oxygens (including phenoxy) is 2. The van der Waals surface area contributed by atoms with Gasteiger partial charge in [-0.3, -0.25) is 4.79 Å². The molecule has 1 aromatic rings. The maximum Gasteiger partial charge on any atom is 0.282 e. The van der Waals surface area contributed by atoms with Crippen LogP contribution < -0.4 is 0 Å². The fourth-order valence-electron chi connectivity index (χ4n) is 1.95. The first-order valence-electron chi connectivity index (χ1n) is 5.77. The molecule has 2 aliphatic heterocycles. The van der Waals surface area contributed by atoms with Crippen molar-refractivity contribution < 1.29 is 19.4 Å². The number of aliphatic hydroxyl groups is 1. The van der Waals surface area contributed by atoms with E-state index in [2.05, 4.69) is 4.99 Å². The van der Waals surface area contributed by atoms with Crippen LogP contribution in [0.3, 0.4) is 0 Å². The van der Waals surface area contributed by atoms with Crippen LogP contribution in [0.4, 0.5) is 0 Å². The Hall–Kier alpha value is -2.40. The standard InChI is InChI=1S/C14H11NO4/c16-11-5-9-3-1-2-4-10(9)7-15-14(17)13-12(6-11)18-8-19-13/h1-7,13,16H,8H2. The maximum absolute atomic E-state index is 11.9. The lowest BCUT2D eigenvalue weighted by atomic mass is 10.1. The molecule has 0 bridgehead atoms. The average molecular weight is 257 g/mol. The normalized spacial score (nSPS) is 21.9. The lowest BCUT2D eigenvalue weighted by Crippen LogP contribution is -2.20. The van der Waals surface area contributed by atoms with Gasteiger partial charge in [0, 0.05) is 17.9 Å². The van der Waals surface area contributed by atoms with Crippen LogP contribution in [0.5, 0.6) is 0 Å². The van der Waals surface area contributed by atoms with Gasteiger partial charge in [-0.15, -0.1) is 0 Å². The van der Waals surface area contributed by atoms with E-state index in [0.717, 1.165) is 11.1 Å². The molecule has 96 valence electrons. The van der Waals surface area contributed by atoms with Gasteiger partial charge in [-0.1, -0.05) is 24.3 Å². The molecule has 1 atom stereocenters. The van der Waals surface area contributed by atoms with E-state index in [9.17, 15) is 9.90 Å². The first-order valence-corrected chi connectivity index (χ1v) is 5.77. The smallest absolute Gasteiger partial charge is 0.282 e. The van der Waals surface area contributed by atoms with Crippen LogP contribution in [0.1, 0.15) is 11.1 Å². The zero-order chi connectivity index (χ0) is 13.2.